The van der Waals surface area contributed by atoms with E-state index in [0.717, 1.165) is 16.5 Å². The number of carbonyl (C=O) groups is 1. The van der Waals surface area contributed by atoms with E-state index in [4.69, 9.17) is 5.73 Å². The Labute approximate surface area is 113 Å². The minimum Gasteiger partial charge on any atom is -0.370 e. The van der Waals surface area contributed by atoms with Gasteiger partial charge in [0.2, 0.25) is 5.91 Å². The Morgan fingerprint density at radius 2 is 2.16 bits per heavy atom. The third kappa shape index (κ3) is 3.76. The van der Waals surface area contributed by atoms with Crippen LogP contribution in [-0.2, 0) is 11.3 Å². The summed E-state index contributed by atoms with van der Waals surface area (Å²) in [5.41, 5.74) is 7.09. The van der Waals surface area contributed by atoms with Crippen molar-refractivity contribution in [1.29, 1.82) is 0 Å². The number of carbonyl (C=O) groups excluding carboxylic acids is 1. The molecule has 0 fully saturated rings. The second kappa shape index (κ2) is 5.36. The SMILES string of the molecule is CC(C)(CC(N)=O)NCc1ccc2ncccc2c1. The van der Waals surface area contributed by atoms with Crippen molar-refractivity contribution in [3.8, 4) is 0 Å². The molecule has 19 heavy (non-hydrogen) atoms. The molecule has 0 spiro atoms. The van der Waals surface area contributed by atoms with Crippen molar-refractivity contribution in [2.24, 2.45) is 5.73 Å². The van der Waals surface area contributed by atoms with Crippen LogP contribution >= 0.6 is 0 Å². The Hall–Kier alpha value is -1.94. The molecule has 4 heteroatoms. The van der Waals surface area contributed by atoms with Crippen LogP contribution in [0.3, 0.4) is 0 Å². The molecule has 3 N–H and O–H groups in total. The standard InChI is InChI=1S/C15H19N3O/c1-15(2,9-14(16)19)18-10-11-5-6-13-12(8-11)4-3-7-17-13/h3-8,18H,9-10H2,1-2H3,(H2,16,19). The molecule has 0 bridgehead atoms. The monoisotopic (exact) mass is 257 g/mol. The zero-order chi connectivity index (χ0) is 13.9. The van der Waals surface area contributed by atoms with Crippen LogP contribution in [0.1, 0.15) is 25.8 Å². The molecule has 1 aromatic heterocycles. The molecular formula is C15H19N3O. The van der Waals surface area contributed by atoms with Gasteiger partial charge in [0.25, 0.3) is 0 Å². The van der Waals surface area contributed by atoms with Crippen LogP contribution < -0.4 is 11.1 Å². The largest absolute Gasteiger partial charge is 0.370 e. The summed E-state index contributed by atoms with van der Waals surface area (Å²) in [5, 5.41) is 4.47. The van der Waals surface area contributed by atoms with Crippen molar-refractivity contribution in [2.75, 3.05) is 0 Å². The lowest BCUT2D eigenvalue weighted by molar-refractivity contribution is -0.119. The highest BCUT2D eigenvalue weighted by atomic mass is 16.1. The molecule has 0 radical (unpaired) electrons. The fraction of sp³-hybridized carbons (Fsp3) is 0.333. The smallest absolute Gasteiger partial charge is 0.219 e. The van der Waals surface area contributed by atoms with Gasteiger partial charge in [-0.2, -0.15) is 0 Å². The molecule has 4 nitrogen and oxygen atoms in total. The third-order valence-electron chi connectivity index (χ3n) is 3.05. The number of hydrogen-bond donors (Lipinski definition) is 2. The molecule has 0 aliphatic carbocycles. The van der Waals surface area contributed by atoms with E-state index in [1.165, 1.54) is 0 Å². The maximum absolute atomic E-state index is 11.0. The van der Waals surface area contributed by atoms with Gasteiger partial charge < -0.3 is 11.1 Å². The summed E-state index contributed by atoms with van der Waals surface area (Å²) in [6.45, 7) is 4.64. The number of amides is 1. The van der Waals surface area contributed by atoms with E-state index in [2.05, 4.69) is 16.4 Å². The van der Waals surface area contributed by atoms with E-state index < -0.39 is 0 Å². The highest BCUT2D eigenvalue weighted by molar-refractivity contribution is 5.78. The third-order valence-corrected chi connectivity index (χ3v) is 3.05. The molecule has 1 heterocycles. The number of rotatable bonds is 5. The molecule has 0 unspecified atom stereocenters. The van der Waals surface area contributed by atoms with Gasteiger partial charge in [-0.15, -0.1) is 0 Å². The van der Waals surface area contributed by atoms with Gasteiger partial charge in [-0.25, -0.2) is 0 Å². The van der Waals surface area contributed by atoms with E-state index in [0.29, 0.717) is 13.0 Å². The summed E-state index contributed by atoms with van der Waals surface area (Å²) in [4.78, 5) is 15.3. The van der Waals surface area contributed by atoms with Gasteiger partial charge in [0.15, 0.2) is 0 Å². The Balaban J connectivity index is 2.07. The molecular weight excluding hydrogens is 238 g/mol. The number of hydrogen-bond acceptors (Lipinski definition) is 3. The van der Waals surface area contributed by atoms with Gasteiger partial charge >= 0.3 is 0 Å². The van der Waals surface area contributed by atoms with Crippen LogP contribution in [0.4, 0.5) is 0 Å². The minimum absolute atomic E-state index is 0.291. The molecule has 2 rings (SSSR count). The summed E-state index contributed by atoms with van der Waals surface area (Å²) in [7, 11) is 0. The summed E-state index contributed by atoms with van der Waals surface area (Å²) < 4.78 is 0. The highest BCUT2D eigenvalue weighted by Gasteiger charge is 2.19. The van der Waals surface area contributed by atoms with E-state index in [9.17, 15) is 4.79 Å². The van der Waals surface area contributed by atoms with Gasteiger partial charge in [0, 0.05) is 30.1 Å². The van der Waals surface area contributed by atoms with Gasteiger partial charge in [0.05, 0.1) is 5.52 Å². The number of fused-ring (bicyclic) bond motifs is 1. The number of nitrogens with one attached hydrogen (secondary N) is 1. The lowest BCUT2D eigenvalue weighted by Crippen LogP contribution is -2.42. The van der Waals surface area contributed by atoms with Crippen molar-refractivity contribution in [3.05, 3.63) is 42.1 Å². The van der Waals surface area contributed by atoms with Crippen LogP contribution in [0.5, 0.6) is 0 Å². The minimum atomic E-state index is -0.296. The molecule has 0 atom stereocenters. The quantitative estimate of drug-likeness (QED) is 0.860. The maximum Gasteiger partial charge on any atom is 0.219 e. The van der Waals surface area contributed by atoms with Crippen LogP contribution in [0, 0.1) is 0 Å². The van der Waals surface area contributed by atoms with Crippen molar-refractivity contribution in [2.45, 2.75) is 32.4 Å². The van der Waals surface area contributed by atoms with Crippen LogP contribution in [0.2, 0.25) is 0 Å². The summed E-state index contributed by atoms with van der Waals surface area (Å²) in [6, 6.07) is 10.1. The zero-order valence-corrected chi connectivity index (χ0v) is 11.3. The van der Waals surface area contributed by atoms with Gasteiger partial charge in [-0.3, -0.25) is 9.78 Å². The van der Waals surface area contributed by atoms with E-state index >= 15 is 0 Å². The maximum atomic E-state index is 11.0. The summed E-state index contributed by atoms with van der Waals surface area (Å²) in [6.07, 6.45) is 2.11. The second-order valence-electron chi connectivity index (χ2n) is 5.41. The molecule has 1 aromatic carbocycles. The Morgan fingerprint density at radius 1 is 1.37 bits per heavy atom. The number of primary amides is 1. The lowest BCUT2D eigenvalue weighted by Gasteiger charge is -2.25. The van der Waals surface area contributed by atoms with Gasteiger partial charge in [0.1, 0.15) is 0 Å². The van der Waals surface area contributed by atoms with Crippen molar-refractivity contribution in [3.63, 3.8) is 0 Å². The van der Waals surface area contributed by atoms with E-state index in [-0.39, 0.29) is 11.4 Å². The van der Waals surface area contributed by atoms with Crippen LogP contribution in [-0.4, -0.2) is 16.4 Å². The normalized spacial score (nSPS) is 11.7. The zero-order valence-electron chi connectivity index (χ0n) is 11.3. The lowest BCUT2D eigenvalue weighted by atomic mass is 9.99. The predicted octanol–water partition coefficient (Wildman–Crippen LogP) is 1.98. The first-order valence-electron chi connectivity index (χ1n) is 6.33. The first-order valence-corrected chi connectivity index (χ1v) is 6.33. The summed E-state index contributed by atoms with van der Waals surface area (Å²) >= 11 is 0. The van der Waals surface area contributed by atoms with Crippen molar-refractivity contribution >= 4 is 16.8 Å². The molecule has 0 saturated heterocycles. The fourth-order valence-electron chi connectivity index (χ4n) is 2.07. The molecule has 0 aliphatic rings. The first-order chi connectivity index (χ1) is 8.96. The number of pyridine rings is 1. The van der Waals surface area contributed by atoms with Crippen molar-refractivity contribution in [1.82, 2.24) is 10.3 Å². The van der Waals surface area contributed by atoms with Crippen LogP contribution in [0.25, 0.3) is 10.9 Å². The molecule has 1 amide bonds. The fourth-order valence-corrected chi connectivity index (χ4v) is 2.07. The predicted molar refractivity (Wildman–Crippen MR) is 76.5 cm³/mol. The Kier molecular flexibility index (Phi) is 3.81. The average Bonchev–Trinajstić information content (AvgIpc) is 2.35. The molecule has 0 aliphatic heterocycles. The van der Waals surface area contributed by atoms with Crippen LogP contribution in [0.15, 0.2) is 36.5 Å². The number of nitrogens with zero attached hydrogens (tertiary/aromatic N) is 1. The number of benzene rings is 1. The topological polar surface area (TPSA) is 68.0 Å². The van der Waals surface area contributed by atoms with E-state index in [1.807, 2.05) is 38.1 Å². The van der Waals surface area contributed by atoms with Gasteiger partial charge in [-0.1, -0.05) is 12.1 Å². The number of aromatic nitrogens is 1. The Morgan fingerprint density at radius 3 is 2.89 bits per heavy atom. The first kappa shape index (κ1) is 13.5. The van der Waals surface area contributed by atoms with E-state index in [1.54, 1.807) is 6.20 Å². The molecule has 0 saturated carbocycles. The second-order valence-corrected chi connectivity index (χ2v) is 5.41. The average molecular weight is 257 g/mol. The molecule has 2 aromatic rings. The highest BCUT2D eigenvalue weighted by Crippen LogP contribution is 2.15. The molecule has 100 valence electrons. The summed E-state index contributed by atoms with van der Waals surface area (Å²) in [5.74, 6) is -0.291. The van der Waals surface area contributed by atoms with Crippen molar-refractivity contribution < 1.29 is 4.79 Å². The number of nitrogens with two attached hydrogens (primary N) is 1. The van der Waals surface area contributed by atoms with Gasteiger partial charge in [-0.05, 0) is 37.6 Å². The Bertz CT molecular complexity index is 593.